The van der Waals surface area contributed by atoms with Crippen molar-refractivity contribution >= 4 is 53.2 Å². The minimum absolute atomic E-state index is 0.127. The molecule has 476 valence electrons. The standard InChI is InChI=1S/C60H104N12O12/c1-39(61)22-13-6-3-7-16-25-42(62)26-17-8-4-9-18-27-43(63)28-19-10-5-11-20-29-44(73)31-32-66-52(76)38-50(74)49-30-21-33-72(49)59(82)55-40(2)67-54(78)37-48(57(80)69-47(36-51(65)75)58(81)71-55)70-56(79)46(34-41-23-14-12-15-24-41)68-53(77)35-45(64)60(83)84/h12,14-15,23-24,39-40,42-50,55,73-74H,3-11,13,16-22,25-38,61-64H2,1-2H3,(H2,65,75)(H,66,76)(H,67,78)(H,68,77)(H,69,80)(H,70,79)(H,71,81)(H,83,84)/t39?,40?,42?,43?,44?,45?,46-,47?,48?,49?,50?,55?/m0/s1. The maximum atomic E-state index is 14.4. The van der Waals surface area contributed by atoms with Crippen molar-refractivity contribution in [1.29, 1.82) is 0 Å². The van der Waals surface area contributed by atoms with Gasteiger partial charge in [0.25, 0.3) is 0 Å². The van der Waals surface area contributed by atoms with Crippen LogP contribution < -0.4 is 60.6 Å². The smallest absolute Gasteiger partial charge is 0.321 e. The largest absolute Gasteiger partial charge is 0.480 e. The van der Waals surface area contributed by atoms with Crippen LogP contribution in [0.15, 0.2) is 30.3 Å². The summed E-state index contributed by atoms with van der Waals surface area (Å²) in [5.74, 6) is -8.53. The summed E-state index contributed by atoms with van der Waals surface area (Å²) in [6, 6.07) is -0.744. The molecule has 11 unspecified atom stereocenters. The van der Waals surface area contributed by atoms with E-state index in [1.807, 2.05) is 0 Å². The second kappa shape index (κ2) is 40.5. The van der Waals surface area contributed by atoms with Gasteiger partial charge in [-0.3, -0.25) is 43.2 Å². The molecule has 0 spiro atoms. The number of unbranched alkanes of at least 4 members (excludes halogenated alkanes) is 12. The van der Waals surface area contributed by atoms with E-state index in [0.717, 1.165) is 70.6 Å². The van der Waals surface area contributed by atoms with Crippen LogP contribution in [0.1, 0.15) is 199 Å². The molecule has 0 aliphatic carbocycles. The maximum absolute atomic E-state index is 14.4. The van der Waals surface area contributed by atoms with Crippen molar-refractivity contribution in [3.8, 4) is 0 Å². The molecule has 12 atom stereocenters. The second-order valence-electron chi connectivity index (χ2n) is 23.6. The number of aliphatic hydroxyl groups excluding tert-OH is 2. The molecule has 8 amide bonds. The van der Waals surface area contributed by atoms with E-state index in [9.17, 15) is 58.5 Å². The van der Waals surface area contributed by atoms with Crippen molar-refractivity contribution in [2.75, 3.05) is 13.1 Å². The van der Waals surface area contributed by atoms with Crippen LogP contribution in [-0.4, -0.2) is 159 Å². The Morgan fingerprint density at radius 3 is 1.79 bits per heavy atom. The van der Waals surface area contributed by atoms with E-state index in [4.69, 9.17) is 28.7 Å². The van der Waals surface area contributed by atoms with Crippen molar-refractivity contribution in [2.45, 2.75) is 273 Å². The number of nitrogens with one attached hydrogen (secondary N) is 6. The molecule has 2 aliphatic rings. The third kappa shape index (κ3) is 29.8. The number of likely N-dealkylation sites (tertiary alicyclic amines) is 1. The zero-order valence-corrected chi connectivity index (χ0v) is 50.1. The lowest BCUT2D eigenvalue weighted by molar-refractivity contribution is -0.141. The Balaban J connectivity index is 1.41. The maximum Gasteiger partial charge on any atom is 0.321 e. The van der Waals surface area contributed by atoms with Crippen LogP contribution >= 0.6 is 0 Å². The predicted octanol–water partition coefficient (Wildman–Crippen LogP) is 1.56. The lowest BCUT2D eigenvalue weighted by Gasteiger charge is -2.34. The Hall–Kier alpha value is -5.79. The number of amides is 8. The number of carbonyl (C=O) groups is 9. The van der Waals surface area contributed by atoms with Gasteiger partial charge in [-0.05, 0) is 77.2 Å². The van der Waals surface area contributed by atoms with E-state index in [2.05, 4.69) is 38.8 Å². The molecule has 1 aromatic carbocycles. The van der Waals surface area contributed by atoms with E-state index in [-0.39, 0.29) is 32.0 Å². The third-order valence-corrected chi connectivity index (χ3v) is 15.9. The topological polar surface area (TPSA) is 420 Å². The van der Waals surface area contributed by atoms with Gasteiger partial charge in [0.05, 0.1) is 50.0 Å². The van der Waals surface area contributed by atoms with Crippen LogP contribution in [0.5, 0.6) is 0 Å². The van der Waals surface area contributed by atoms with Crippen molar-refractivity contribution in [3.05, 3.63) is 35.9 Å². The van der Waals surface area contributed by atoms with Crippen LogP contribution in [0.25, 0.3) is 0 Å². The van der Waals surface area contributed by atoms with Gasteiger partial charge in [-0.2, -0.15) is 0 Å². The van der Waals surface area contributed by atoms with Gasteiger partial charge in [0.15, 0.2) is 0 Å². The molecule has 84 heavy (non-hydrogen) atoms. The van der Waals surface area contributed by atoms with Crippen molar-refractivity contribution in [1.82, 2.24) is 36.8 Å². The molecule has 24 nitrogen and oxygen atoms in total. The van der Waals surface area contributed by atoms with Crippen molar-refractivity contribution < 1.29 is 58.5 Å². The number of carboxylic acid groups (broad SMARTS) is 1. The van der Waals surface area contributed by atoms with Gasteiger partial charge in [-0.1, -0.05) is 127 Å². The quantitative estimate of drug-likeness (QED) is 0.0414. The van der Waals surface area contributed by atoms with E-state index < -0.39 is 127 Å². The summed E-state index contributed by atoms with van der Waals surface area (Å²) in [5, 5.41) is 46.3. The van der Waals surface area contributed by atoms with Gasteiger partial charge >= 0.3 is 5.97 Å². The van der Waals surface area contributed by atoms with Crippen LogP contribution in [0.3, 0.4) is 0 Å². The number of aliphatic hydroxyl groups is 2. The van der Waals surface area contributed by atoms with Gasteiger partial charge in [0.2, 0.25) is 47.3 Å². The van der Waals surface area contributed by atoms with E-state index in [1.165, 1.54) is 69.6 Å². The van der Waals surface area contributed by atoms with Gasteiger partial charge in [-0.25, -0.2) is 0 Å². The summed E-state index contributed by atoms with van der Waals surface area (Å²) in [7, 11) is 0. The fourth-order valence-electron chi connectivity index (χ4n) is 10.9. The molecule has 0 aromatic heterocycles. The Kier molecular flexibility index (Phi) is 35.0. The second-order valence-corrected chi connectivity index (χ2v) is 23.6. The molecule has 2 heterocycles. The van der Waals surface area contributed by atoms with Crippen LogP contribution in [0.2, 0.25) is 0 Å². The van der Waals surface area contributed by atoms with Crippen LogP contribution in [0, 0.1) is 0 Å². The Labute approximate surface area is 497 Å². The highest BCUT2D eigenvalue weighted by atomic mass is 16.4. The normalized spacial score (nSPS) is 21.0. The minimum atomic E-state index is -1.72. The Morgan fingerprint density at radius 1 is 0.690 bits per heavy atom. The average Bonchev–Trinajstić information content (AvgIpc) is 3.41. The van der Waals surface area contributed by atoms with Gasteiger partial charge < -0.3 is 80.8 Å². The SMILES string of the molecule is CC(N)CCCCCCCC(N)CCCCCCCC(N)CCCCCCCC(O)CCNC(=O)CC(O)C1CCCN1C(=O)C1NC(=O)C(CC(N)=O)NC(=O)C(NC(=O)[C@H](Cc2ccccc2)NC(=O)CC(N)C(=O)O)CC(=O)NC1C. The molecular formula is C60H104N12O12. The van der Waals surface area contributed by atoms with Crippen LogP contribution in [-0.2, 0) is 49.6 Å². The average molecular weight is 1190 g/mol. The molecular weight excluding hydrogens is 1080 g/mol. The fourth-order valence-corrected chi connectivity index (χ4v) is 10.9. The molecule has 19 N–H and O–H groups in total. The first-order valence-corrected chi connectivity index (χ1v) is 31.0. The molecule has 1 aromatic rings. The summed E-state index contributed by atoms with van der Waals surface area (Å²) in [6.45, 7) is 3.79. The molecule has 2 aliphatic heterocycles. The number of hydrogen-bond donors (Lipinski definition) is 14. The van der Waals surface area contributed by atoms with Gasteiger partial charge in [0, 0.05) is 37.6 Å². The Morgan fingerprint density at radius 2 is 1.24 bits per heavy atom. The number of primary amides is 1. The summed E-state index contributed by atoms with van der Waals surface area (Å²) in [5.41, 5.74) is 30.2. The number of aliphatic carboxylic acids is 1. The number of nitrogens with zero attached hydrogens (tertiary/aromatic N) is 1. The first-order chi connectivity index (χ1) is 40.0. The number of nitrogens with two attached hydrogens (primary N) is 5. The van der Waals surface area contributed by atoms with E-state index in [0.29, 0.717) is 43.3 Å². The Bertz CT molecular complexity index is 2180. The summed E-state index contributed by atoms with van der Waals surface area (Å²) < 4.78 is 0. The number of hydrogen-bond acceptors (Lipinski definition) is 15. The highest BCUT2D eigenvalue weighted by Gasteiger charge is 2.42. The predicted molar refractivity (Wildman–Crippen MR) is 320 cm³/mol. The summed E-state index contributed by atoms with van der Waals surface area (Å²) in [4.78, 5) is 120. The number of rotatable bonds is 41. The monoisotopic (exact) mass is 1180 g/mol. The van der Waals surface area contributed by atoms with E-state index in [1.54, 1.807) is 30.3 Å². The molecule has 0 radical (unpaired) electrons. The highest BCUT2D eigenvalue weighted by Crippen LogP contribution is 2.24. The van der Waals surface area contributed by atoms with Gasteiger partial charge in [-0.15, -0.1) is 0 Å². The summed E-state index contributed by atoms with van der Waals surface area (Å²) in [6.07, 6.45) is 19.8. The third-order valence-electron chi connectivity index (χ3n) is 15.9. The molecule has 2 fully saturated rings. The lowest BCUT2D eigenvalue weighted by atomic mass is 9.99. The van der Waals surface area contributed by atoms with Crippen molar-refractivity contribution in [3.63, 3.8) is 0 Å². The molecule has 0 saturated carbocycles. The van der Waals surface area contributed by atoms with Crippen LogP contribution in [0.4, 0.5) is 0 Å². The number of carbonyl (C=O) groups excluding carboxylic acids is 8. The minimum Gasteiger partial charge on any atom is -0.480 e. The first-order valence-electron chi connectivity index (χ1n) is 31.0. The van der Waals surface area contributed by atoms with E-state index >= 15 is 0 Å². The molecule has 0 bridgehead atoms. The summed E-state index contributed by atoms with van der Waals surface area (Å²) >= 11 is 0. The highest BCUT2D eigenvalue weighted by molar-refractivity contribution is 5.99. The zero-order valence-electron chi connectivity index (χ0n) is 50.1. The molecule has 2 saturated heterocycles. The lowest BCUT2D eigenvalue weighted by Crippen LogP contribution is -2.62. The zero-order chi connectivity index (χ0) is 62.0. The van der Waals surface area contributed by atoms with Crippen molar-refractivity contribution in [2.24, 2.45) is 28.7 Å². The molecule has 3 rings (SSSR count). The van der Waals surface area contributed by atoms with Gasteiger partial charge in [0.1, 0.15) is 30.2 Å². The number of carboxylic acids is 1. The fraction of sp³-hybridized carbons (Fsp3) is 0.750. The molecule has 24 heteroatoms. The first kappa shape index (κ1) is 72.5. The number of benzene rings is 1.